The zero-order valence-corrected chi connectivity index (χ0v) is 21.5. The second-order valence-corrected chi connectivity index (χ2v) is 9.61. The third-order valence-corrected chi connectivity index (χ3v) is 6.75. The lowest BCUT2D eigenvalue weighted by molar-refractivity contribution is -0.125. The Morgan fingerprint density at radius 2 is 1.68 bits per heavy atom. The van der Waals surface area contributed by atoms with Crippen molar-refractivity contribution >= 4 is 28.3 Å². The number of phenols is 1. The van der Waals surface area contributed by atoms with Crippen LogP contribution in [-0.2, 0) is 16.0 Å². The summed E-state index contributed by atoms with van der Waals surface area (Å²) in [6, 6.07) is 23.2. The summed E-state index contributed by atoms with van der Waals surface area (Å²) in [5.74, 6) is -1.54. The Hall–Kier alpha value is -3.97. The Bertz CT molecular complexity index is 1320. The highest BCUT2D eigenvalue weighted by molar-refractivity contribution is 7.14. The van der Waals surface area contributed by atoms with E-state index in [0.717, 1.165) is 17.7 Å². The summed E-state index contributed by atoms with van der Waals surface area (Å²) in [7, 11) is 0. The van der Waals surface area contributed by atoms with Crippen molar-refractivity contribution in [1.29, 1.82) is 0 Å². The Morgan fingerprint density at radius 3 is 2.41 bits per heavy atom. The molecule has 0 saturated carbocycles. The highest BCUT2D eigenvalue weighted by Crippen LogP contribution is 2.28. The Kier molecular flexibility index (Phi) is 9.05. The third kappa shape index (κ3) is 7.05. The molecular formula is C30H30N2O4S. The molecule has 2 N–H and O–H groups in total. The zero-order valence-electron chi connectivity index (χ0n) is 20.7. The molecule has 0 aliphatic carbocycles. The normalized spacial score (nSPS) is 11.6. The van der Waals surface area contributed by atoms with Gasteiger partial charge in [-0.05, 0) is 30.5 Å². The van der Waals surface area contributed by atoms with Gasteiger partial charge in [0.1, 0.15) is 11.3 Å². The van der Waals surface area contributed by atoms with Gasteiger partial charge in [0.2, 0.25) is 6.10 Å². The Labute approximate surface area is 221 Å². The van der Waals surface area contributed by atoms with Crippen molar-refractivity contribution in [3.05, 3.63) is 101 Å². The number of carbonyl (C=O) groups is 2. The first-order valence-electron chi connectivity index (χ1n) is 12.4. The molecule has 190 valence electrons. The van der Waals surface area contributed by atoms with E-state index in [0.29, 0.717) is 10.7 Å². The molecule has 1 unspecified atom stereocenters. The maximum Gasteiger partial charge on any atom is 0.343 e. The number of ether oxygens (including phenoxy) is 1. The molecule has 0 bridgehead atoms. The van der Waals surface area contributed by atoms with E-state index in [-0.39, 0.29) is 11.3 Å². The first kappa shape index (κ1) is 26.1. The number of rotatable bonds is 11. The summed E-state index contributed by atoms with van der Waals surface area (Å²) in [4.78, 5) is 30.5. The predicted octanol–water partition coefficient (Wildman–Crippen LogP) is 7.18. The van der Waals surface area contributed by atoms with E-state index in [4.69, 9.17) is 4.74 Å². The number of amides is 1. The number of phenolic OH excluding ortho intramolecular Hbond substituents is 1. The van der Waals surface area contributed by atoms with Gasteiger partial charge in [0.15, 0.2) is 5.13 Å². The molecular weight excluding hydrogens is 484 g/mol. The Balaban J connectivity index is 1.45. The van der Waals surface area contributed by atoms with Crippen LogP contribution in [-0.4, -0.2) is 22.0 Å². The number of nitrogens with one attached hydrogen (secondary N) is 1. The summed E-state index contributed by atoms with van der Waals surface area (Å²) >= 11 is 1.30. The maximum atomic E-state index is 13.2. The van der Waals surface area contributed by atoms with Gasteiger partial charge in [0.05, 0.1) is 5.69 Å². The fourth-order valence-electron chi connectivity index (χ4n) is 3.95. The van der Waals surface area contributed by atoms with Gasteiger partial charge in [-0.2, -0.15) is 0 Å². The van der Waals surface area contributed by atoms with Gasteiger partial charge in [-0.15, -0.1) is 11.3 Å². The average molecular weight is 515 g/mol. The summed E-state index contributed by atoms with van der Waals surface area (Å²) in [5.41, 5.74) is 3.54. The van der Waals surface area contributed by atoms with Crippen molar-refractivity contribution in [3.8, 4) is 17.0 Å². The van der Waals surface area contributed by atoms with Crippen molar-refractivity contribution in [3.63, 3.8) is 0 Å². The van der Waals surface area contributed by atoms with Gasteiger partial charge in [0, 0.05) is 16.5 Å². The molecule has 1 heterocycles. The van der Waals surface area contributed by atoms with E-state index in [2.05, 4.69) is 41.5 Å². The third-order valence-electron chi connectivity index (χ3n) is 5.99. The van der Waals surface area contributed by atoms with Crippen LogP contribution in [0.5, 0.6) is 5.75 Å². The van der Waals surface area contributed by atoms with Crippen LogP contribution in [0.15, 0.2) is 84.2 Å². The van der Waals surface area contributed by atoms with E-state index >= 15 is 0 Å². The molecule has 0 radical (unpaired) electrons. The number of unbranched alkanes of at least 4 members (excludes halogenated alkanes) is 3. The molecule has 0 spiro atoms. The summed E-state index contributed by atoms with van der Waals surface area (Å²) in [6.07, 6.45) is 4.79. The SMILES string of the molecule is CCCCCCc1ccc(-c2csc(NC(=O)C(OC(=O)c3ccccc3O)c3ccccc3)n2)cc1. The molecule has 7 heteroatoms. The van der Waals surface area contributed by atoms with E-state index in [1.807, 2.05) is 11.4 Å². The molecule has 0 fully saturated rings. The van der Waals surface area contributed by atoms with Gasteiger partial charge >= 0.3 is 5.97 Å². The van der Waals surface area contributed by atoms with Crippen LogP contribution in [0.3, 0.4) is 0 Å². The number of para-hydroxylation sites is 1. The van der Waals surface area contributed by atoms with Crippen LogP contribution in [0.1, 0.15) is 60.2 Å². The molecule has 3 aromatic carbocycles. The number of benzene rings is 3. The van der Waals surface area contributed by atoms with E-state index in [9.17, 15) is 14.7 Å². The second kappa shape index (κ2) is 12.8. The highest BCUT2D eigenvalue weighted by atomic mass is 32.1. The first-order valence-corrected chi connectivity index (χ1v) is 13.3. The minimum absolute atomic E-state index is 0.0124. The number of hydrogen-bond acceptors (Lipinski definition) is 6. The summed E-state index contributed by atoms with van der Waals surface area (Å²) in [6.45, 7) is 2.21. The molecule has 0 aliphatic heterocycles. The number of hydrogen-bond donors (Lipinski definition) is 2. The number of anilines is 1. The van der Waals surface area contributed by atoms with E-state index < -0.39 is 18.0 Å². The fourth-order valence-corrected chi connectivity index (χ4v) is 4.67. The lowest BCUT2D eigenvalue weighted by atomic mass is 10.0. The minimum Gasteiger partial charge on any atom is -0.507 e. The van der Waals surface area contributed by atoms with Crippen molar-refractivity contribution in [2.24, 2.45) is 0 Å². The standard InChI is InChI=1S/C30H30N2O4S/c1-2-3-4-6-11-21-16-18-22(19-17-21)25-20-37-30(31-25)32-28(34)27(23-12-7-5-8-13-23)36-29(35)24-14-9-10-15-26(24)33/h5,7-10,12-20,27,33H,2-4,6,11H2,1H3,(H,31,32,34). The molecule has 1 aromatic heterocycles. The van der Waals surface area contributed by atoms with Crippen LogP contribution in [0.2, 0.25) is 0 Å². The predicted molar refractivity (Wildman–Crippen MR) is 147 cm³/mol. The van der Waals surface area contributed by atoms with Gasteiger partial charge in [0.25, 0.3) is 5.91 Å². The van der Waals surface area contributed by atoms with Gasteiger partial charge in [-0.3, -0.25) is 10.1 Å². The topological polar surface area (TPSA) is 88.5 Å². The van der Waals surface area contributed by atoms with Crippen LogP contribution in [0, 0.1) is 0 Å². The number of esters is 1. The fraction of sp³-hybridized carbons (Fsp3) is 0.233. The smallest absolute Gasteiger partial charge is 0.343 e. The van der Waals surface area contributed by atoms with E-state index in [1.54, 1.807) is 36.4 Å². The lowest BCUT2D eigenvalue weighted by Crippen LogP contribution is -2.26. The van der Waals surface area contributed by atoms with Crippen LogP contribution >= 0.6 is 11.3 Å². The number of aromatic nitrogens is 1. The van der Waals surface area contributed by atoms with Gasteiger partial charge in [-0.1, -0.05) is 92.9 Å². The van der Waals surface area contributed by atoms with Crippen LogP contribution < -0.4 is 5.32 Å². The quantitative estimate of drug-likeness (QED) is 0.164. The molecule has 0 aliphatic rings. The Morgan fingerprint density at radius 1 is 0.946 bits per heavy atom. The molecule has 1 atom stereocenters. The lowest BCUT2D eigenvalue weighted by Gasteiger charge is -2.17. The summed E-state index contributed by atoms with van der Waals surface area (Å²) in [5, 5.41) is 15.1. The molecule has 6 nitrogen and oxygen atoms in total. The number of carbonyl (C=O) groups excluding carboxylic acids is 2. The van der Waals surface area contributed by atoms with Gasteiger partial charge < -0.3 is 9.84 Å². The van der Waals surface area contributed by atoms with Gasteiger partial charge in [-0.25, -0.2) is 9.78 Å². The monoisotopic (exact) mass is 514 g/mol. The number of aromatic hydroxyl groups is 1. The average Bonchev–Trinajstić information content (AvgIpc) is 3.39. The zero-order chi connectivity index (χ0) is 26.0. The molecule has 4 aromatic rings. The van der Waals surface area contributed by atoms with Crippen molar-refractivity contribution in [2.45, 2.75) is 45.1 Å². The van der Waals surface area contributed by atoms with Crippen molar-refractivity contribution in [2.75, 3.05) is 5.32 Å². The maximum absolute atomic E-state index is 13.2. The number of aryl methyl sites for hydroxylation is 1. The van der Waals surface area contributed by atoms with Crippen LogP contribution in [0.4, 0.5) is 5.13 Å². The molecule has 0 saturated heterocycles. The minimum atomic E-state index is -1.22. The molecule has 4 rings (SSSR count). The number of nitrogens with zero attached hydrogens (tertiary/aromatic N) is 1. The summed E-state index contributed by atoms with van der Waals surface area (Å²) < 4.78 is 5.56. The first-order chi connectivity index (χ1) is 18.0. The molecule has 37 heavy (non-hydrogen) atoms. The highest BCUT2D eigenvalue weighted by Gasteiger charge is 2.27. The van der Waals surface area contributed by atoms with E-state index in [1.165, 1.54) is 54.7 Å². The van der Waals surface area contributed by atoms with Crippen molar-refractivity contribution in [1.82, 2.24) is 4.98 Å². The van der Waals surface area contributed by atoms with Crippen molar-refractivity contribution < 1.29 is 19.4 Å². The largest absolute Gasteiger partial charge is 0.507 e. The second-order valence-electron chi connectivity index (χ2n) is 8.75. The molecule has 1 amide bonds. The van der Waals surface area contributed by atoms with Crippen LogP contribution in [0.25, 0.3) is 11.3 Å². The number of thiazole rings is 1.